The first-order valence-corrected chi connectivity index (χ1v) is 4.25. The lowest BCUT2D eigenvalue weighted by molar-refractivity contribution is 0.102. The lowest BCUT2D eigenvalue weighted by Gasteiger charge is -1.99. The maximum Gasteiger partial charge on any atom is 0.261 e. The summed E-state index contributed by atoms with van der Waals surface area (Å²) in [7, 11) is 1.77. The second-order valence-corrected chi connectivity index (χ2v) is 3.05. The van der Waals surface area contributed by atoms with Gasteiger partial charge in [-0.15, -0.1) is 0 Å². The first-order chi connectivity index (χ1) is 7.16. The Morgan fingerprint density at radius 3 is 2.93 bits per heavy atom. The van der Waals surface area contributed by atoms with Crippen molar-refractivity contribution in [3.05, 3.63) is 24.2 Å². The molecule has 15 heavy (non-hydrogen) atoms. The number of hydrogen-bond donors (Lipinski definition) is 3. The van der Waals surface area contributed by atoms with Gasteiger partial charge in [0, 0.05) is 13.2 Å². The molecular weight excluding hydrogens is 196 g/mol. The number of nitrogens with one attached hydrogen (secondary N) is 2. The van der Waals surface area contributed by atoms with E-state index < -0.39 is 0 Å². The molecule has 2 heterocycles. The Kier molecular flexibility index (Phi) is 2.13. The molecule has 0 atom stereocenters. The van der Waals surface area contributed by atoms with E-state index in [1.165, 1.54) is 6.20 Å². The third-order valence-electron chi connectivity index (χ3n) is 1.88. The minimum absolute atomic E-state index is 0.247. The van der Waals surface area contributed by atoms with Crippen molar-refractivity contribution in [2.75, 3.05) is 11.1 Å². The van der Waals surface area contributed by atoms with Crippen LogP contribution in [-0.4, -0.2) is 25.9 Å². The Labute approximate surface area is 85.3 Å². The molecule has 0 radical (unpaired) electrons. The van der Waals surface area contributed by atoms with Gasteiger partial charge in [-0.2, -0.15) is 10.2 Å². The normalized spacial score (nSPS) is 10.2. The molecule has 0 aliphatic rings. The van der Waals surface area contributed by atoms with Crippen LogP contribution >= 0.6 is 0 Å². The molecule has 0 spiro atoms. The van der Waals surface area contributed by atoms with Gasteiger partial charge in [-0.1, -0.05) is 0 Å². The highest BCUT2D eigenvalue weighted by molar-refractivity contribution is 6.06. The molecule has 78 valence electrons. The molecule has 0 fully saturated rings. The minimum Gasteiger partial charge on any atom is -0.383 e. The molecule has 7 nitrogen and oxygen atoms in total. The predicted octanol–water partition coefficient (Wildman–Crippen LogP) is -0.0223. The van der Waals surface area contributed by atoms with Gasteiger partial charge in [-0.05, 0) is 0 Å². The fourth-order valence-corrected chi connectivity index (χ4v) is 1.16. The summed E-state index contributed by atoms with van der Waals surface area (Å²) < 4.78 is 1.59. The largest absolute Gasteiger partial charge is 0.383 e. The highest BCUT2D eigenvalue weighted by Gasteiger charge is 2.11. The number of nitrogens with two attached hydrogens (primary N) is 1. The summed E-state index contributed by atoms with van der Waals surface area (Å²) in [5.41, 5.74) is 6.43. The summed E-state index contributed by atoms with van der Waals surface area (Å²) in [6.07, 6.45) is 4.61. The fraction of sp³-hybridized carbons (Fsp3) is 0.125. The Hall–Kier alpha value is -2.31. The van der Waals surface area contributed by atoms with Gasteiger partial charge in [-0.3, -0.25) is 14.6 Å². The van der Waals surface area contributed by atoms with Gasteiger partial charge in [0.05, 0.1) is 18.1 Å². The standard InChI is InChI=1S/C8H10N6O/c1-14-4-5(2-11-14)12-8(15)6-3-10-13-7(6)9/h2-4H,1H3,(H,12,15)(H3,9,10,13). The van der Waals surface area contributed by atoms with Gasteiger partial charge >= 0.3 is 0 Å². The number of carbonyl (C=O) groups is 1. The van der Waals surface area contributed by atoms with Crippen molar-refractivity contribution in [3.63, 3.8) is 0 Å². The molecule has 0 bridgehead atoms. The van der Waals surface area contributed by atoms with Gasteiger partial charge in [0.25, 0.3) is 5.91 Å². The Bertz CT molecular complexity index is 485. The minimum atomic E-state index is -0.311. The van der Waals surface area contributed by atoms with E-state index in [0.717, 1.165) is 0 Å². The van der Waals surface area contributed by atoms with E-state index in [-0.39, 0.29) is 11.7 Å². The fourth-order valence-electron chi connectivity index (χ4n) is 1.16. The average molecular weight is 206 g/mol. The Morgan fingerprint density at radius 1 is 1.60 bits per heavy atom. The van der Waals surface area contributed by atoms with Gasteiger partial charge < -0.3 is 11.1 Å². The van der Waals surface area contributed by atoms with Crippen molar-refractivity contribution in [2.24, 2.45) is 7.05 Å². The van der Waals surface area contributed by atoms with Crippen molar-refractivity contribution >= 4 is 17.4 Å². The highest BCUT2D eigenvalue weighted by Crippen LogP contribution is 2.10. The average Bonchev–Trinajstić information content (AvgIpc) is 2.75. The van der Waals surface area contributed by atoms with Crippen LogP contribution in [0.5, 0.6) is 0 Å². The third kappa shape index (κ3) is 1.80. The number of aryl methyl sites for hydroxylation is 1. The van der Waals surface area contributed by atoms with E-state index in [1.54, 1.807) is 24.1 Å². The summed E-state index contributed by atoms with van der Waals surface area (Å²) in [5.74, 6) is -0.0642. The molecule has 0 aliphatic carbocycles. The van der Waals surface area contributed by atoms with Crippen molar-refractivity contribution in [1.29, 1.82) is 0 Å². The third-order valence-corrected chi connectivity index (χ3v) is 1.88. The van der Waals surface area contributed by atoms with E-state index in [0.29, 0.717) is 11.3 Å². The van der Waals surface area contributed by atoms with Crippen molar-refractivity contribution in [1.82, 2.24) is 20.0 Å². The monoisotopic (exact) mass is 206 g/mol. The zero-order valence-corrected chi connectivity index (χ0v) is 8.06. The van der Waals surface area contributed by atoms with E-state index >= 15 is 0 Å². The van der Waals surface area contributed by atoms with E-state index in [2.05, 4.69) is 20.6 Å². The number of hydrogen-bond acceptors (Lipinski definition) is 4. The first-order valence-electron chi connectivity index (χ1n) is 4.25. The van der Waals surface area contributed by atoms with Gasteiger partial charge in [0.1, 0.15) is 11.4 Å². The molecule has 0 aromatic carbocycles. The van der Waals surface area contributed by atoms with Crippen LogP contribution in [0.25, 0.3) is 0 Å². The van der Waals surface area contributed by atoms with Crippen LogP contribution in [0.15, 0.2) is 18.6 Å². The molecule has 7 heteroatoms. The van der Waals surface area contributed by atoms with Crippen molar-refractivity contribution in [2.45, 2.75) is 0 Å². The second kappa shape index (κ2) is 3.45. The van der Waals surface area contributed by atoms with E-state index in [1.807, 2.05) is 0 Å². The lowest BCUT2D eigenvalue weighted by Crippen LogP contribution is -2.12. The highest BCUT2D eigenvalue weighted by atomic mass is 16.1. The van der Waals surface area contributed by atoms with Crippen LogP contribution in [0, 0.1) is 0 Å². The number of H-pyrrole nitrogens is 1. The molecule has 0 unspecified atom stereocenters. The summed E-state index contributed by atoms with van der Waals surface area (Å²) in [6, 6.07) is 0. The summed E-state index contributed by atoms with van der Waals surface area (Å²) in [5, 5.41) is 12.7. The number of amides is 1. The number of aromatic nitrogens is 4. The van der Waals surface area contributed by atoms with Crippen LogP contribution < -0.4 is 11.1 Å². The Balaban J connectivity index is 2.14. The number of aromatic amines is 1. The smallest absolute Gasteiger partial charge is 0.261 e. The van der Waals surface area contributed by atoms with Crippen LogP contribution in [0.3, 0.4) is 0 Å². The Morgan fingerprint density at radius 2 is 2.40 bits per heavy atom. The number of rotatable bonds is 2. The summed E-state index contributed by atoms with van der Waals surface area (Å²) in [6.45, 7) is 0. The van der Waals surface area contributed by atoms with Crippen molar-refractivity contribution in [3.8, 4) is 0 Å². The first kappa shape index (κ1) is 9.25. The maximum atomic E-state index is 11.6. The van der Waals surface area contributed by atoms with Gasteiger partial charge in [0.2, 0.25) is 0 Å². The topological polar surface area (TPSA) is 102 Å². The number of nitrogens with zero attached hydrogens (tertiary/aromatic N) is 3. The van der Waals surface area contributed by atoms with Gasteiger partial charge in [-0.25, -0.2) is 0 Å². The number of nitrogen functional groups attached to an aromatic ring is 1. The van der Waals surface area contributed by atoms with E-state index in [9.17, 15) is 4.79 Å². The molecule has 0 saturated carbocycles. The van der Waals surface area contributed by atoms with Gasteiger partial charge in [0.15, 0.2) is 0 Å². The maximum absolute atomic E-state index is 11.6. The number of carbonyl (C=O) groups excluding carboxylic acids is 1. The SMILES string of the molecule is Cn1cc(NC(=O)c2cn[nH]c2N)cn1. The van der Waals surface area contributed by atoms with Crippen LogP contribution in [0.4, 0.5) is 11.5 Å². The number of anilines is 2. The van der Waals surface area contributed by atoms with Crippen LogP contribution in [-0.2, 0) is 7.05 Å². The molecule has 1 amide bonds. The molecule has 0 aliphatic heterocycles. The molecule has 4 N–H and O–H groups in total. The lowest BCUT2D eigenvalue weighted by atomic mass is 10.3. The van der Waals surface area contributed by atoms with Crippen LogP contribution in [0.1, 0.15) is 10.4 Å². The molecule has 2 aromatic heterocycles. The summed E-state index contributed by atoms with van der Waals surface area (Å²) in [4.78, 5) is 11.6. The van der Waals surface area contributed by atoms with Crippen molar-refractivity contribution < 1.29 is 4.79 Å². The zero-order chi connectivity index (χ0) is 10.8. The van der Waals surface area contributed by atoms with E-state index in [4.69, 9.17) is 5.73 Å². The zero-order valence-electron chi connectivity index (χ0n) is 8.06. The second-order valence-electron chi connectivity index (χ2n) is 3.05. The van der Waals surface area contributed by atoms with Crippen LogP contribution in [0.2, 0.25) is 0 Å². The molecule has 2 rings (SSSR count). The molecular formula is C8H10N6O. The summed E-state index contributed by atoms with van der Waals surface area (Å²) >= 11 is 0. The quantitative estimate of drug-likeness (QED) is 0.642. The predicted molar refractivity (Wildman–Crippen MR) is 54.2 cm³/mol. The molecule has 2 aromatic rings. The molecule has 0 saturated heterocycles.